The molecule has 5 nitrogen and oxygen atoms in total. The third kappa shape index (κ3) is 3.25. The SMILES string of the molecule is COc1cc(C=CCN=[N+]=[N-])ccc1O. The lowest BCUT2D eigenvalue weighted by molar-refractivity contribution is 0.373. The van der Waals surface area contributed by atoms with Crippen LogP contribution in [0.4, 0.5) is 0 Å². The van der Waals surface area contributed by atoms with Gasteiger partial charge in [0.1, 0.15) is 0 Å². The fraction of sp³-hybridized carbons (Fsp3) is 0.200. The van der Waals surface area contributed by atoms with Crippen LogP contribution < -0.4 is 4.74 Å². The van der Waals surface area contributed by atoms with Crippen LogP contribution in [-0.2, 0) is 0 Å². The van der Waals surface area contributed by atoms with Crippen molar-refractivity contribution in [2.45, 2.75) is 0 Å². The number of azide groups is 1. The standard InChI is InChI=1S/C10H11N3O2/c1-15-10-7-8(4-5-9(10)14)3-2-6-12-13-11/h2-5,7,14H,6H2,1H3. The maximum Gasteiger partial charge on any atom is 0.161 e. The molecule has 0 aliphatic heterocycles. The topological polar surface area (TPSA) is 78.2 Å². The van der Waals surface area contributed by atoms with E-state index in [1.54, 1.807) is 30.4 Å². The second-order valence-electron chi connectivity index (χ2n) is 2.75. The van der Waals surface area contributed by atoms with Gasteiger partial charge in [-0.05, 0) is 23.2 Å². The van der Waals surface area contributed by atoms with Crippen molar-refractivity contribution in [1.82, 2.24) is 0 Å². The minimum absolute atomic E-state index is 0.102. The van der Waals surface area contributed by atoms with E-state index < -0.39 is 0 Å². The number of phenols is 1. The van der Waals surface area contributed by atoms with E-state index in [0.29, 0.717) is 12.3 Å². The first kappa shape index (κ1) is 10.9. The van der Waals surface area contributed by atoms with Crippen LogP contribution in [0, 0.1) is 0 Å². The molecule has 0 bridgehead atoms. The Bertz CT molecular complexity index is 409. The lowest BCUT2D eigenvalue weighted by Crippen LogP contribution is -1.84. The highest BCUT2D eigenvalue weighted by atomic mass is 16.5. The van der Waals surface area contributed by atoms with Gasteiger partial charge in [-0.15, -0.1) is 0 Å². The molecule has 0 heterocycles. The molecule has 0 amide bonds. The number of phenolic OH excluding ortho intramolecular Hbond substituents is 1. The summed E-state index contributed by atoms with van der Waals surface area (Å²) in [5, 5.41) is 12.7. The Labute approximate surface area is 87.2 Å². The summed E-state index contributed by atoms with van der Waals surface area (Å²) in [7, 11) is 1.49. The number of nitrogens with zero attached hydrogens (tertiary/aromatic N) is 3. The second kappa shape index (κ2) is 5.57. The summed E-state index contributed by atoms with van der Waals surface area (Å²) < 4.78 is 4.95. The lowest BCUT2D eigenvalue weighted by atomic mass is 10.2. The summed E-state index contributed by atoms with van der Waals surface area (Å²) in [6.45, 7) is 0.305. The van der Waals surface area contributed by atoms with Crippen molar-refractivity contribution in [1.29, 1.82) is 0 Å². The van der Waals surface area contributed by atoms with Crippen molar-refractivity contribution in [2.75, 3.05) is 13.7 Å². The molecule has 78 valence electrons. The van der Waals surface area contributed by atoms with Crippen molar-refractivity contribution in [3.8, 4) is 11.5 Å². The zero-order valence-corrected chi connectivity index (χ0v) is 8.29. The van der Waals surface area contributed by atoms with Crippen LogP contribution in [0.25, 0.3) is 16.5 Å². The van der Waals surface area contributed by atoms with Crippen molar-refractivity contribution < 1.29 is 9.84 Å². The number of benzene rings is 1. The third-order valence-electron chi connectivity index (χ3n) is 1.76. The molecule has 0 saturated carbocycles. The van der Waals surface area contributed by atoms with Crippen LogP contribution in [0.3, 0.4) is 0 Å². The van der Waals surface area contributed by atoms with Crippen molar-refractivity contribution in [2.24, 2.45) is 5.11 Å². The quantitative estimate of drug-likeness (QED) is 0.466. The van der Waals surface area contributed by atoms with Gasteiger partial charge in [0.25, 0.3) is 0 Å². The van der Waals surface area contributed by atoms with E-state index >= 15 is 0 Å². The predicted molar refractivity (Wildman–Crippen MR) is 57.7 cm³/mol. The minimum Gasteiger partial charge on any atom is -0.504 e. The zero-order valence-electron chi connectivity index (χ0n) is 8.29. The van der Waals surface area contributed by atoms with E-state index in [1.165, 1.54) is 7.11 Å². The Kier molecular flexibility index (Phi) is 4.06. The van der Waals surface area contributed by atoms with Gasteiger partial charge in [-0.25, -0.2) is 0 Å². The highest BCUT2D eigenvalue weighted by Gasteiger charge is 1.99. The van der Waals surface area contributed by atoms with E-state index in [9.17, 15) is 5.11 Å². The molecule has 0 radical (unpaired) electrons. The molecule has 0 aromatic heterocycles. The average molecular weight is 205 g/mol. The Morgan fingerprint density at radius 1 is 1.60 bits per heavy atom. The van der Waals surface area contributed by atoms with Crippen LogP contribution in [0.2, 0.25) is 0 Å². The molecule has 15 heavy (non-hydrogen) atoms. The predicted octanol–water partition coefficient (Wildman–Crippen LogP) is 2.72. The van der Waals surface area contributed by atoms with Gasteiger partial charge in [0, 0.05) is 11.5 Å². The van der Waals surface area contributed by atoms with Crippen LogP contribution in [0.5, 0.6) is 11.5 Å². The van der Waals surface area contributed by atoms with Crippen molar-refractivity contribution in [3.05, 3.63) is 40.3 Å². The van der Waals surface area contributed by atoms with Gasteiger partial charge in [0.2, 0.25) is 0 Å². The van der Waals surface area contributed by atoms with Crippen LogP contribution in [0.1, 0.15) is 5.56 Å². The normalized spacial score (nSPS) is 9.93. The molecule has 1 aromatic carbocycles. The Morgan fingerprint density at radius 3 is 3.07 bits per heavy atom. The number of rotatable bonds is 4. The molecule has 0 spiro atoms. The summed E-state index contributed by atoms with van der Waals surface area (Å²) in [6, 6.07) is 4.98. The molecule has 0 aliphatic carbocycles. The molecule has 5 heteroatoms. The highest BCUT2D eigenvalue weighted by Crippen LogP contribution is 2.26. The zero-order chi connectivity index (χ0) is 11.1. The molecular weight excluding hydrogens is 194 g/mol. The molecule has 0 unspecified atom stereocenters. The lowest BCUT2D eigenvalue weighted by Gasteiger charge is -2.03. The maximum atomic E-state index is 9.33. The smallest absolute Gasteiger partial charge is 0.161 e. The van der Waals surface area contributed by atoms with E-state index in [2.05, 4.69) is 10.0 Å². The number of methoxy groups -OCH3 is 1. The molecule has 1 rings (SSSR count). The van der Waals surface area contributed by atoms with E-state index in [4.69, 9.17) is 10.3 Å². The minimum atomic E-state index is 0.102. The van der Waals surface area contributed by atoms with Gasteiger partial charge < -0.3 is 9.84 Å². The number of aromatic hydroxyl groups is 1. The first-order valence-corrected chi connectivity index (χ1v) is 4.32. The van der Waals surface area contributed by atoms with Crippen LogP contribution >= 0.6 is 0 Å². The molecule has 0 atom stereocenters. The largest absolute Gasteiger partial charge is 0.504 e. The molecule has 1 N–H and O–H groups in total. The number of ether oxygens (including phenoxy) is 1. The highest BCUT2D eigenvalue weighted by molar-refractivity contribution is 5.55. The molecule has 1 aromatic rings. The fourth-order valence-electron chi connectivity index (χ4n) is 1.07. The van der Waals surface area contributed by atoms with Crippen molar-refractivity contribution in [3.63, 3.8) is 0 Å². The number of hydrogen-bond acceptors (Lipinski definition) is 3. The molecule has 0 fully saturated rings. The van der Waals surface area contributed by atoms with Crippen LogP contribution in [-0.4, -0.2) is 18.8 Å². The fourth-order valence-corrected chi connectivity index (χ4v) is 1.07. The number of hydrogen-bond donors (Lipinski definition) is 1. The Balaban J connectivity index is 2.78. The first-order valence-electron chi connectivity index (χ1n) is 4.32. The van der Waals surface area contributed by atoms with Crippen LogP contribution in [0.15, 0.2) is 29.4 Å². The maximum absolute atomic E-state index is 9.33. The summed E-state index contributed by atoms with van der Waals surface area (Å²) >= 11 is 0. The van der Waals surface area contributed by atoms with Gasteiger partial charge in [-0.1, -0.05) is 23.3 Å². The first-order chi connectivity index (χ1) is 7.27. The Hall–Kier alpha value is -2.13. The Morgan fingerprint density at radius 2 is 2.40 bits per heavy atom. The monoisotopic (exact) mass is 205 g/mol. The summed E-state index contributed by atoms with van der Waals surface area (Å²) in [5.41, 5.74) is 8.93. The van der Waals surface area contributed by atoms with Gasteiger partial charge in [-0.2, -0.15) is 0 Å². The van der Waals surface area contributed by atoms with Gasteiger partial charge >= 0.3 is 0 Å². The second-order valence-corrected chi connectivity index (χ2v) is 2.75. The molecule has 0 saturated heterocycles. The summed E-state index contributed by atoms with van der Waals surface area (Å²) in [5.74, 6) is 0.519. The summed E-state index contributed by atoms with van der Waals surface area (Å²) in [4.78, 5) is 2.62. The van der Waals surface area contributed by atoms with Gasteiger partial charge in [0.15, 0.2) is 11.5 Å². The van der Waals surface area contributed by atoms with E-state index in [0.717, 1.165) is 5.56 Å². The average Bonchev–Trinajstić information content (AvgIpc) is 2.26. The van der Waals surface area contributed by atoms with Gasteiger partial charge in [-0.3, -0.25) is 0 Å². The van der Waals surface area contributed by atoms with E-state index in [-0.39, 0.29) is 5.75 Å². The molecular formula is C10H11N3O2. The van der Waals surface area contributed by atoms with Crippen molar-refractivity contribution >= 4 is 6.08 Å². The third-order valence-corrected chi connectivity index (χ3v) is 1.76. The summed E-state index contributed by atoms with van der Waals surface area (Å²) in [6.07, 6.45) is 3.52. The van der Waals surface area contributed by atoms with E-state index in [1.807, 2.05) is 0 Å². The van der Waals surface area contributed by atoms with Gasteiger partial charge in [0.05, 0.1) is 7.11 Å². The molecule has 0 aliphatic rings.